The third kappa shape index (κ3) is 4.81. The lowest BCUT2D eigenvalue weighted by Gasteiger charge is -2.21. The number of pyridine rings is 1. The van der Waals surface area contributed by atoms with Crippen molar-refractivity contribution in [3.05, 3.63) is 77.9 Å². The summed E-state index contributed by atoms with van der Waals surface area (Å²) >= 11 is 0. The molecule has 1 aromatic heterocycles. The van der Waals surface area contributed by atoms with Gasteiger partial charge in [0.2, 0.25) is 0 Å². The molecule has 0 aliphatic rings. The number of hydrogen-bond donors (Lipinski definition) is 3. The largest absolute Gasteiger partial charge is 0.444 e. The number of anilines is 2. The van der Waals surface area contributed by atoms with E-state index >= 15 is 0 Å². The van der Waals surface area contributed by atoms with Crippen LogP contribution in [-0.2, 0) is 4.74 Å². The molecule has 164 valence electrons. The molecule has 3 aromatic carbocycles. The topological polar surface area (TPSA) is 83.5 Å². The minimum Gasteiger partial charge on any atom is -0.444 e. The smallest absolute Gasteiger partial charge is 0.412 e. The quantitative estimate of drug-likeness (QED) is 0.268. The van der Waals surface area contributed by atoms with E-state index in [2.05, 4.69) is 10.6 Å². The highest BCUT2D eigenvalue weighted by Gasteiger charge is 2.17. The zero-order valence-corrected chi connectivity index (χ0v) is 18.6. The van der Waals surface area contributed by atoms with E-state index in [4.69, 9.17) is 9.72 Å². The fraction of sp³-hybridized carbons (Fsp3) is 0.231. The summed E-state index contributed by atoms with van der Waals surface area (Å²) in [5, 5.41) is 18.8. The summed E-state index contributed by atoms with van der Waals surface area (Å²) in [4.78, 5) is 16.9. The molecular formula is C26H27N3O3. The van der Waals surface area contributed by atoms with Gasteiger partial charge in [-0.05, 0) is 57.5 Å². The maximum atomic E-state index is 12.1. The molecule has 0 spiro atoms. The number of para-hydroxylation sites is 1. The number of nitrogens with zero attached hydrogens (tertiary/aromatic N) is 1. The fourth-order valence-electron chi connectivity index (χ4n) is 3.59. The molecule has 1 heterocycles. The number of aryl methyl sites for hydroxylation is 1. The van der Waals surface area contributed by atoms with Gasteiger partial charge in [-0.25, -0.2) is 9.78 Å². The van der Waals surface area contributed by atoms with Crippen LogP contribution in [0.15, 0.2) is 66.7 Å². The van der Waals surface area contributed by atoms with E-state index in [9.17, 15) is 9.90 Å². The Bertz CT molecular complexity index is 1290. The van der Waals surface area contributed by atoms with Gasteiger partial charge in [0.15, 0.2) is 6.23 Å². The molecule has 0 bridgehead atoms. The first-order chi connectivity index (χ1) is 15.2. The van der Waals surface area contributed by atoms with Crippen LogP contribution in [0.4, 0.5) is 16.2 Å². The van der Waals surface area contributed by atoms with Gasteiger partial charge in [-0.2, -0.15) is 0 Å². The molecule has 0 aliphatic carbocycles. The fourth-order valence-corrected chi connectivity index (χ4v) is 3.59. The Hall–Kier alpha value is -3.64. The van der Waals surface area contributed by atoms with E-state index in [-0.39, 0.29) is 0 Å². The number of aliphatic hydroxyl groups is 1. The summed E-state index contributed by atoms with van der Waals surface area (Å²) in [6, 6.07) is 21.0. The first-order valence-corrected chi connectivity index (χ1v) is 10.5. The van der Waals surface area contributed by atoms with Gasteiger partial charge in [-0.15, -0.1) is 0 Å². The van der Waals surface area contributed by atoms with Crippen LogP contribution in [-0.4, -0.2) is 21.8 Å². The monoisotopic (exact) mass is 429 g/mol. The molecule has 6 nitrogen and oxygen atoms in total. The Kier molecular flexibility index (Phi) is 5.72. The molecule has 4 aromatic rings. The van der Waals surface area contributed by atoms with Crippen molar-refractivity contribution in [2.75, 3.05) is 10.6 Å². The minimum atomic E-state index is -0.995. The van der Waals surface area contributed by atoms with Gasteiger partial charge in [0.1, 0.15) is 5.60 Å². The number of fused-ring (bicyclic) bond motifs is 2. The molecule has 0 radical (unpaired) electrons. The van der Waals surface area contributed by atoms with E-state index in [1.807, 2.05) is 70.2 Å². The summed E-state index contributed by atoms with van der Waals surface area (Å²) in [6.07, 6.45) is -1.54. The summed E-state index contributed by atoms with van der Waals surface area (Å²) in [5.41, 5.74) is 4.19. The number of benzene rings is 3. The molecule has 1 amide bonds. The van der Waals surface area contributed by atoms with Crippen molar-refractivity contribution < 1.29 is 14.6 Å². The number of nitrogens with one attached hydrogen (secondary N) is 2. The van der Waals surface area contributed by atoms with Crippen molar-refractivity contribution in [1.82, 2.24) is 4.98 Å². The number of aromatic nitrogens is 1. The number of carbonyl (C=O) groups excluding carboxylic acids is 1. The van der Waals surface area contributed by atoms with Crippen LogP contribution in [0.3, 0.4) is 0 Å². The molecule has 0 saturated heterocycles. The van der Waals surface area contributed by atoms with Gasteiger partial charge in [0.05, 0.1) is 16.7 Å². The molecule has 1 unspecified atom stereocenters. The normalized spacial score (nSPS) is 12.5. The zero-order chi connectivity index (χ0) is 22.9. The van der Waals surface area contributed by atoms with Crippen LogP contribution < -0.4 is 10.6 Å². The highest BCUT2D eigenvalue weighted by molar-refractivity contribution is 6.07. The first kappa shape index (κ1) is 21.6. The SMILES string of the molecule is Cc1ccc2c(NC(O)c3cccc(NC(=O)OC(C)(C)C)c3)c3ccccc3nc2c1. The molecule has 0 aliphatic heterocycles. The maximum Gasteiger partial charge on any atom is 0.412 e. The van der Waals surface area contributed by atoms with Crippen LogP contribution in [0.25, 0.3) is 21.8 Å². The van der Waals surface area contributed by atoms with Crippen LogP contribution >= 0.6 is 0 Å². The summed E-state index contributed by atoms with van der Waals surface area (Å²) in [7, 11) is 0. The third-order valence-corrected chi connectivity index (χ3v) is 4.97. The van der Waals surface area contributed by atoms with Crippen molar-refractivity contribution in [1.29, 1.82) is 0 Å². The van der Waals surface area contributed by atoms with Crippen LogP contribution in [0, 0.1) is 6.92 Å². The predicted molar refractivity (Wildman–Crippen MR) is 129 cm³/mol. The highest BCUT2D eigenvalue weighted by atomic mass is 16.6. The van der Waals surface area contributed by atoms with E-state index in [1.165, 1.54) is 0 Å². The molecule has 3 N–H and O–H groups in total. The molecule has 1 atom stereocenters. The van der Waals surface area contributed by atoms with Gasteiger partial charge in [-0.1, -0.05) is 42.5 Å². The van der Waals surface area contributed by atoms with Crippen molar-refractivity contribution in [3.63, 3.8) is 0 Å². The van der Waals surface area contributed by atoms with Gasteiger partial charge < -0.3 is 15.2 Å². The molecular weight excluding hydrogens is 402 g/mol. The van der Waals surface area contributed by atoms with Crippen molar-refractivity contribution in [2.24, 2.45) is 0 Å². The molecule has 4 rings (SSSR count). The van der Waals surface area contributed by atoms with Gasteiger partial charge in [0, 0.05) is 22.0 Å². The Morgan fingerprint density at radius 3 is 2.50 bits per heavy atom. The average molecular weight is 430 g/mol. The average Bonchev–Trinajstić information content (AvgIpc) is 2.72. The number of rotatable bonds is 4. The van der Waals surface area contributed by atoms with Gasteiger partial charge in [-0.3, -0.25) is 5.32 Å². The molecule has 6 heteroatoms. The Labute approximate surface area is 187 Å². The first-order valence-electron chi connectivity index (χ1n) is 10.5. The van der Waals surface area contributed by atoms with Crippen LogP contribution in [0.2, 0.25) is 0 Å². The predicted octanol–water partition coefficient (Wildman–Crippen LogP) is 6.15. The van der Waals surface area contributed by atoms with Crippen molar-refractivity contribution >= 4 is 39.3 Å². The Morgan fingerprint density at radius 1 is 0.969 bits per heavy atom. The zero-order valence-electron chi connectivity index (χ0n) is 18.6. The molecule has 0 fully saturated rings. The summed E-state index contributed by atoms with van der Waals surface area (Å²) in [6.45, 7) is 7.45. The highest BCUT2D eigenvalue weighted by Crippen LogP contribution is 2.33. The second-order valence-electron chi connectivity index (χ2n) is 8.82. The lowest BCUT2D eigenvalue weighted by Crippen LogP contribution is -2.27. The standard InChI is InChI=1S/C26H27N3O3/c1-16-12-13-20-22(14-16)28-21-11-6-5-10-19(21)23(20)29-24(30)17-8-7-9-18(15-17)27-25(31)32-26(2,3)4/h5-15,24,30H,1-4H3,(H,27,31)(H,28,29). The lowest BCUT2D eigenvalue weighted by molar-refractivity contribution is 0.0636. The van der Waals surface area contributed by atoms with E-state index in [1.54, 1.807) is 24.3 Å². The van der Waals surface area contributed by atoms with Crippen LogP contribution in [0.5, 0.6) is 0 Å². The van der Waals surface area contributed by atoms with E-state index in [0.717, 1.165) is 33.1 Å². The number of hydrogen-bond acceptors (Lipinski definition) is 5. The molecule has 0 saturated carbocycles. The van der Waals surface area contributed by atoms with Crippen molar-refractivity contribution in [2.45, 2.75) is 39.5 Å². The number of aliphatic hydroxyl groups excluding tert-OH is 1. The summed E-state index contributed by atoms with van der Waals surface area (Å²) in [5.74, 6) is 0. The van der Waals surface area contributed by atoms with Gasteiger partial charge in [0.25, 0.3) is 0 Å². The number of carbonyl (C=O) groups is 1. The second kappa shape index (κ2) is 8.48. The second-order valence-corrected chi connectivity index (χ2v) is 8.82. The minimum absolute atomic E-state index is 0.540. The number of amides is 1. The molecule has 32 heavy (non-hydrogen) atoms. The van der Waals surface area contributed by atoms with E-state index in [0.29, 0.717) is 11.3 Å². The van der Waals surface area contributed by atoms with Gasteiger partial charge >= 0.3 is 6.09 Å². The Balaban J connectivity index is 1.65. The maximum absolute atomic E-state index is 12.1. The van der Waals surface area contributed by atoms with Crippen molar-refractivity contribution in [3.8, 4) is 0 Å². The third-order valence-electron chi connectivity index (χ3n) is 4.97. The number of ether oxygens (including phenoxy) is 1. The Morgan fingerprint density at radius 2 is 1.72 bits per heavy atom. The van der Waals surface area contributed by atoms with Crippen LogP contribution in [0.1, 0.15) is 38.1 Å². The lowest BCUT2D eigenvalue weighted by atomic mass is 10.1. The summed E-state index contributed by atoms with van der Waals surface area (Å²) < 4.78 is 5.31. The van der Waals surface area contributed by atoms with E-state index < -0.39 is 17.9 Å².